The van der Waals surface area contributed by atoms with Gasteiger partial charge in [-0.1, -0.05) is 19.3 Å². The standard InChI is InChI=1S/C14H23N3/c1-15-12-8-9-16-13(10-12)11-17(2)14-6-4-3-5-7-14/h8-10,14H,3-7,11H2,1-2H3,(H,15,16). The first kappa shape index (κ1) is 12.4. The van der Waals surface area contributed by atoms with Crippen molar-refractivity contribution >= 4 is 5.69 Å². The van der Waals surface area contributed by atoms with Crippen LogP contribution >= 0.6 is 0 Å². The third-order valence-corrected chi connectivity index (χ3v) is 3.71. The summed E-state index contributed by atoms with van der Waals surface area (Å²) in [7, 11) is 4.17. The molecule has 0 unspecified atom stereocenters. The Morgan fingerprint density at radius 2 is 2.12 bits per heavy atom. The van der Waals surface area contributed by atoms with E-state index in [1.165, 1.54) is 32.1 Å². The van der Waals surface area contributed by atoms with Gasteiger partial charge >= 0.3 is 0 Å². The maximum atomic E-state index is 4.44. The Balaban J connectivity index is 1.94. The van der Waals surface area contributed by atoms with Gasteiger partial charge in [-0.05, 0) is 32.0 Å². The average molecular weight is 233 g/mol. The summed E-state index contributed by atoms with van der Waals surface area (Å²) >= 11 is 0. The lowest BCUT2D eigenvalue weighted by Crippen LogP contribution is -2.33. The van der Waals surface area contributed by atoms with Gasteiger partial charge in [0.15, 0.2) is 0 Å². The van der Waals surface area contributed by atoms with Crippen LogP contribution in [0.3, 0.4) is 0 Å². The summed E-state index contributed by atoms with van der Waals surface area (Å²) in [6.07, 6.45) is 8.77. The SMILES string of the molecule is CNc1ccnc(CN(C)C2CCCCC2)c1. The quantitative estimate of drug-likeness (QED) is 0.866. The van der Waals surface area contributed by atoms with Gasteiger partial charge in [0.25, 0.3) is 0 Å². The zero-order valence-electron chi connectivity index (χ0n) is 10.9. The van der Waals surface area contributed by atoms with E-state index in [0.717, 1.165) is 24.0 Å². The molecule has 0 aliphatic heterocycles. The van der Waals surface area contributed by atoms with Gasteiger partial charge < -0.3 is 5.32 Å². The largest absolute Gasteiger partial charge is 0.388 e. The summed E-state index contributed by atoms with van der Waals surface area (Å²) in [6.45, 7) is 0.959. The van der Waals surface area contributed by atoms with Crippen molar-refractivity contribution in [2.45, 2.75) is 44.7 Å². The second-order valence-electron chi connectivity index (χ2n) is 4.99. The molecule has 1 aromatic heterocycles. The smallest absolute Gasteiger partial charge is 0.0564 e. The van der Waals surface area contributed by atoms with Gasteiger partial charge in [0, 0.05) is 31.5 Å². The zero-order chi connectivity index (χ0) is 12.1. The van der Waals surface area contributed by atoms with Gasteiger partial charge in [-0.25, -0.2) is 0 Å². The van der Waals surface area contributed by atoms with Crippen molar-refractivity contribution in [1.82, 2.24) is 9.88 Å². The molecule has 3 heteroatoms. The monoisotopic (exact) mass is 233 g/mol. The number of nitrogens with one attached hydrogen (secondary N) is 1. The lowest BCUT2D eigenvalue weighted by molar-refractivity contribution is 0.183. The lowest BCUT2D eigenvalue weighted by atomic mass is 9.94. The first-order valence-corrected chi connectivity index (χ1v) is 6.62. The van der Waals surface area contributed by atoms with Crippen LogP contribution in [0.1, 0.15) is 37.8 Å². The predicted octanol–water partition coefficient (Wildman–Crippen LogP) is 2.89. The first-order valence-electron chi connectivity index (χ1n) is 6.62. The maximum absolute atomic E-state index is 4.44. The van der Waals surface area contributed by atoms with Crippen molar-refractivity contribution < 1.29 is 0 Å². The zero-order valence-corrected chi connectivity index (χ0v) is 10.9. The molecule has 0 bridgehead atoms. The van der Waals surface area contributed by atoms with E-state index in [-0.39, 0.29) is 0 Å². The summed E-state index contributed by atoms with van der Waals surface area (Å²) in [5.41, 5.74) is 2.30. The first-order chi connectivity index (χ1) is 8.29. The Hall–Kier alpha value is -1.09. The van der Waals surface area contributed by atoms with Crippen molar-refractivity contribution in [1.29, 1.82) is 0 Å². The van der Waals surface area contributed by atoms with E-state index in [0.29, 0.717) is 0 Å². The molecule has 0 radical (unpaired) electrons. The molecule has 0 aromatic carbocycles. The van der Waals surface area contributed by atoms with E-state index >= 15 is 0 Å². The molecule has 1 N–H and O–H groups in total. The minimum Gasteiger partial charge on any atom is -0.388 e. The van der Waals surface area contributed by atoms with Crippen LogP contribution in [-0.2, 0) is 6.54 Å². The summed E-state index contributed by atoms with van der Waals surface area (Å²) < 4.78 is 0. The molecule has 1 fully saturated rings. The van der Waals surface area contributed by atoms with Crippen molar-refractivity contribution in [2.75, 3.05) is 19.4 Å². The van der Waals surface area contributed by atoms with Crippen LogP contribution in [0.15, 0.2) is 18.3 Å². The lowest BCUT2D eigenvalue weighted by Gasteiger charge is -2.30. The number of hydrogen-bond acceptors (Lipinski definition) is 3. The summed E-state index contributed by atoms with van der Waals surface area (Å²) in [4.78, 5) is 6.90. The molecule has 0 saturated heterocycles. The van der Waals surface area contributed by atoms with Crippen LogP contribution in [0.2, 0.25) is 0 Å². The molecule has 17 heavy (non-hydrogen) atoms. The molecule has 2 rings (SSSR count). The normalized spacial score (nSPS) is 17.4. The topological polar surface area (TPSA) is 28.2 Å². The van der Waals surface area contributed by atoms with Crippen LogP contribution in [0, 0.1) is 0 Å². The summed E-state index contributed by atoms with van der Waals surface area (Å²) in [5, 5.41) is 3.16. The molecule has 1 aliphatic rings. The van der Waals surface area contributed by atoms with E-state index in [1.807, 2.05) is 19.3 Å². The highest BCUT2D eigenvalue weighted by molar-refractivity contribution is 5.42. The fourth-order valence-corrected chi connectivity index (χ4v) is 2.63. The van der Waals surface area contributed by atoms with Gasteiger partial charge in [-0.15, -0.1) is 0 Å². The molecule has 94 valence electrons. The molecule has 0 amide bonds. The van der Waals surface area contributed by atoms with Gasteiger partial charge in [-0.2, -0.15) is 0 Å². The molecule has 0 spiro atoms. The molecule has 1 aromatic rings. The number of aromatic nitrogens is 1. The van der Waals surface area contributed by atoms with E-state index in [1.54, 1.807) is 0 Å². The van der Waals surface area contributed by atoms with Crippen LogP contribution in [0.4, 0.5) is 5.69 Å². The molecular weight excluding hydrogens is 210 g/mol. The molecule has 1 heterocycles. The Kier molecular flexibility index (Phi) is 4.37. The van der Waals surface area contributed by atoms with Crippen LogP contribution in [0.5, 0.6) is 0 Å². The van der Waals surface area contributed by atoms with E-state index < -0.39 is 0 Å². The van der Waals surface area contributed by atoms with E-state index in [2.05, 4.69) is 28.3 Å². The van der Waals surface area contributed by atoms with Crippen LogP contribution in [-0.4, -0.2) is 30.0 Å². The van der Waals surface area contributed by atoms with Crippen molar-refractivity contribution in [3.05, 3.63) is 24.0 Å². The second-order valence-corrected chi connectivity index (χ2v) is 4.99. The molecular formula is C14H23N3. The number of hydrogen-bond donors (Lipinski definition) is 1. The molecule has 0 atom stereocenters. The highest BCUT2D eigenvalue weighted by Crippen LogP contribution is 2.22. The third kappa shape index (κ3) is 3.43. The van der Waals surface area contributed by atoms with Crippen molar-refractivity contribution in [3.63, 3.8) is 0 Å². The summed E-state index contributed by atoms with van der Waals surface area (Å²) in [6, 6.07) is 4.90. The number of rotatable bonds is 4. The van der Waals surface area contributed by atoms with Gasteiger partial charge in [0.05, 0.1) is 5.69 Å². The Morgan fingerprint density at radius 1 is 1.35 bits per heavy atom. The van der Waals surface area contributed by atoms with E-state index in [4.69, 9.17) is 0 Å². The minimum atomic E-state index is 0.754. The molecule has 1 saturated carbocycles. The molecule has 1 aliphatic carbocycles. The van der Waals surface area contributed by atoms with Crippen molar-refractivity contribution in [3.8, 4) is 0 Å². The van der Waals surface area contributed by atoms with Gasteiger partial charge in [0.2, 0.25) is 0 Å². The number of anilines is 1. The van der Waals surface area contributed by atoms with Gasteiger partial charge in [0.1, 0.15) is 0 Å². The summed E-state index contributed by atoms with van der Waals surface area (Å²) in [5.74, 6) is 0. The Labute approximate surface area is 104 Å². The maximum Gasteiger partial charge on any atom is 0.0564 e. The fourth-order valence-electron chi connectivity index (χ4n) is 2.63. The fraction of sp³-hybridized carbons (Fsp3) is 0.643. The predicted molar refractivity (Wildman–Crippen MR) is 72.1 cm³/mol. The number of nitrogens with zero attached hydrogens (tertiary/aromatic N) is 2. The van der Waals surface area contributed by atoms with E-state index in [9.17, 15) is 0 Å². The Morgan fingerprint density at radius 3 is 2.82 bits per heavy atom. The van der Waals surface area contributed by atoms with Crippen LogP contribution in [0.25, 0.3) is 0 Å². The Bertz CT molecular complexity index is 345. The average Bonchev–Trinajstić information content (AvgIpc) is 2.40. The van der Waals surface area contributed by atoms with Gasteiger partial charge in [-0.3, -0.25) is 9.88 Å². The van der Waals surface area contributed by atoms with Crippen molar-refractivity contribution in [2.24, 2.45) is 0 Å². The highest BCUT2D eigenvalue weighted by Gasteiger charge is 2.18. The minimum absolute atomic E-state index is 0.754. The highest BCUT2D eigenvalue weighted by atomic mass is 15.1. The third-order valence-electron chi connectivity index (χ3n) is 3.71. The molecule has 3 nitrogen and oxygen atoms in total. The number of pyridine rings is 1. The van der Waals surface area contributed by atoms with Crippen LogP contribution < -0.4 is 5.32 Å². The second kappa shape index (κ2) is 6.01.